The number of amides is 1. The van der Waals surface area contributed by atoms with E-state index in [1.54, 1.807) is 0 Å². The lowest BCUT2D eigenvalue weighted by Crippen LogP contribution is -2.36. The summed E-state index contributed by atoms with van der Waals surface area (Å²) in [5.41, 5.74) is 8.87. The van der Waals surface area contributed by atoms with Crippen LogP contribution in [-0.2, 0) is 4.79 Å². The Kier molecular flexibility index (Phi) is 3.97. The van der Waals surface area contributed by atoms with Crippen molar-refractivity contribution >= 4 is 22.9 Å². The molecule has 1 amide bonds. The maximum atomic E-state index is 12.5. The first-order valence-corrected chi connectivity index (χ1v) is 7.02. The highest BCUT2D eigenvalue weighted by Crippen LogP contribution is 2.24. The molecule has 0 bridgehead atoms. The molecule has 1 unspecified atom stereocenters. The number of nitrogen functional groups attached to an aromatic ring is 1. The van der Waals surface area contributed by atoms with Gasteiger partial charge in [-0.2, -0.15) is 0 Å². The van der Waals surface area contributed by atoms with Gasteiger partial charge < -0.3 is 10.6 Å². The molecule has 0 saturated heterocycles. The molecule has 0 saturated carbocycles. The fraction of sp³-hybridized carbons (Fsp3) is 0.467. The Labute approximate surface area is 119 Å². The summed E-state index contributed by atoms with van der Waals surface area (Å²) in [5, 5.41) is 0. The standard InChI is InChI=1S/C15H22N4O/c1-5-18(6-2)14(20)11(4)19-13-9-10(3)7-8-12(13)17-15(19)16/h7-9,11H,5-6H2,1-4H3,(H2,16,17). The third-order valence-electron chi connectivity index (χ3n) is 3.69. The lowest BCUT2D eigenvalue weighted by atomic mass is 10.2. The van der Waals surface area contributed by atoms with Gasteiger partial charge in [-0.15, -0.1) is 0 Å². The molecule has 2 N–H and O–H groups in total. The second-order valence-corrected chi connectivity index (χ2v) is 5.02. The topological polar surface area (TPSA) is 64.2 Å². The molecule has 0 aliphatic rings. The number of rotatable bonds is 4. The van der Waals surface area contributed by atoms with Crippen molar-refractivity contribution in [2.75, 3.05) is 18.8 Å². The van der Waals surface area contributed by atoms with E-state index in [2.05, 4.69) is 4.98 Å². The molecule has 1 heterocycles. The van der Waals surface area contributed by atoms with Crippen molar-refractivity contribution in [3.8, 4) is 0 Å². The van der Waals surface area contributed by atoms with E-state index in [4.69, 9.17) is 5.73 Å². The number of anilines is 1. The van der Waals surface area contributed by atoms with Gasteiger partial charge in [0.25, 0.3) is 0 Å². The monoisotopic (exact) mass is 274 g/mol. The van der Waals surface area contributed by atoms with Crippen molar-refractivity contribution in [3.05, 3.63) is 23.8 Å². The van der Waals surface area contributed by atoms with Gasteiger partial charge in [0.15, 0.2) is 0 Å². The van der Waals surface area contributed by atoms with Crippen LogP contribution in [0.25, 0.3) is 11.0 Å². The Morgan fingerprint density at radius 3 is 2.65 bits per heavy atom. The summed E-state index contributed by atoms with van der Waals surface area (Å²) in [6.45, 7) is 9.25. The number of aromatic nitrogens is 2. The zero-order valence-electron chi connectivity index (χ0n) is 12.6. The molecule has 1 aromatic carbocycles. The van der Waals surface area contributed by atoms with Crippen LogP contribution in [0.2, 0.25) is 0 Å². The Morgan fingerprint density at radius 1 is 1.40 bits per heavy atom. The van der Waals surface area contributed by atoms with Crippen LogP contribution < -0.4 is 5.73 Å². The number of carbonyl (C=O) groups is 1. The highest BCUT2D eigenvalue weighted by Gasteiger charge is 2.23. The lowest BCUT2D eigenvalue weighted by molar-refractivity contribution is -0.133. The van der Waals surface area contributed by atoms with Crippen LogP contribution in [0.1, 0.15) is 32.4 Å². The van der Waals surface area contributed by atoms with E-state index in [0.29, 0.717) is 19.0 Å². The number of imidazole rings is 1. The SMILES string of the molecule is CCN(CC)C(=O)C(C)n1c(N)nc2ccc(C)cc21. The molecule has 0 aliphatic carbocycles. The summed E-state index contributed by atoms with van der Waals surface area (Å²) < 4.78 is 1.82. The zero-order valence-corrected chi connectivity index (χ0v) is 12.6. The fourth-order valence-electron chi connectivity index (χ4n) is 2.54. The number of benzene rings is 1. The Balaban J connectivity index is 2.48. The molecule has 0 aliphatic heterocycles. The summed E-state index contributed by atoms with van der Waals surface area (Å²) in [5.74, 6) is 0.459. The van der Waals surface area contributed by atoms with Gasteiger partial charge in [0.2, 0.25) is 11.9 Å². The maximum Gasteiger partial charge on any atom is 0.245 e. The van der Waals surface area contributed by atoms with E-state index < -0.39 is 0 Å². The number of likely N-dealkylation sites (N-methyl/N-ethyl adjacent to an activating group) is 1. The molecule has 108 valence electrons. The minimum atomic E-state index is -0.346. The maximum absolute atomic E-state index is 12.5. The van der Waals surface area contributed by atoms with Crippen molar-refractivity contribution < 1.29 is 4.79 Å². The van der Waals surface area contributed by atoms with Crippen LogP contribution in [-0.4, -0.2) is 33.4 Å². The molecule has 5 heteroatoms. The first kappa shape index (κ1) is 14.4. The van der Waals surface area contributed by atoms with E-state index in [9.17, 15) is 4.79 Å². The van der Waals surface area contributed by atoms with Gasteiger partial charge in [0, 0.05) is 13.1 Å². The Bertz CT molecular complexity index is 628. The molecule has 5 nitrogen and oxygen atoms in total. The summed E-state index contributed by atoms with van der Waals surface area (Å²) in [7, 11) is 0. The van der Waals surface area contributed by atoms with Gasteiger partial charge >= 0.3 is 0 Å². The molecule has 0 fully saturated rings. The summed E-state index contributed by atoms with van der Waals surface area (Å²) >= 11 is 0. The van der Waals surface area contributed by atoms with Crippen LogP contribution in [0.4, 0.5) is 5.95 Å². The summed E-state index contributed by atoms with van der Waals surface area (Å²) in [6, 6.07) is 5.61. The van der Waals surface area contributed by atoms with Crippen LogP contribution in [0, 0.1) is 6.92 Å². The van der Waals surface area contributed by atoms with Crippen molar-refractivity contribution in [1.82, 2.24) is 14.5 Å². The van der Waals surface area contributed by atoms with Gasteiger partial charge in [-0.05, 0) is 45.4 Å². The van der Waals surface area contributed by atoms with Gasteiger partial charge in [-0.3, -0.25) is 9.36 Å². The summed E-state index contributed by atoms with van der Waals surface area (Å²) in [4.78, 5) is 18.7. The van der Waals surface area contributed by atoms with Crippen LogP contribution in [0.3, 0.4) is 0 Å². The molecule has 2 rings (SSSR count). The van der Waals surface area contributed by atoms with Crippen molar-refractivity contribution in [3.63, 3.8) is 0 Å². The molecule has 1 atom stereocenters. The lowest BCUT2D eigenvalue weighted by Gasteiger charge is -2.24. The summed E-state index contributed by atoms with van der Waals surface area (Å²) in [6.07, 6.45) is 0. The van der Waals surface area contributed by atoms with Crippen molar-refractivity contribution in [2.45, 2.75) is 33.7 Å². The number of fused-ring (bicyclic) bond motifs is 1. The van der Waals surface area contributed by atoms with E-state index in [0.717, 1.165) is 16.6 Å². The predicted octanol–water partition coefficient (Wildman–Crippen LogP) is 2.36. The largest absolute Gasteiger partial charge is 0.369 e. The Morgan fingerprint density at radius 2 is 2.05 bits per heavy atom. The zero-order chi connectivity index (χ0) is 14.9. The average molecular weight is 274 g/mol. The third-order valence-corrected chi connectivity index (χ3v) is 3.69. The van der Waals surface area contributed by atoms with Crippen molar-refractivity contribution in [2.24, 2.45) is 0 Å². The number of hydrogen-bond acceptors (Lipinski definition) is 3. The third kappa shape index (κ3) is 2.35. The highest BCUT2D eigenvalue weighted by molar-refractivity contribution is 5.85. The second kappa shape index (κ2) is 5.53. The van der Waals surface area contributed by atoms with Crippen LogP contribution in [0.5, 0.6) is 0 Å². The molecule has 20 heavy (non-hydrogen) atoms. The molecular weight excluding hydrogens is 252 g/mol. The number of carbonyl (C=O) groups excluding carboxylic acids is 1. The first-order valence-electron chi connectivity index (χ1n) is 7.02. The molecule has 0 spiro atoms. The fourth-order valence-corrected chi connectivity index (χ4v) is 2.54. The van der Waals surface area contributed by atoms with E-state index in [1.807, 2.05) is 55.4 Å². The molecule has 0 radical (unpaired) electrons. The van der Waals surface area contributed by atoms with Crippen LogP contribution >= 0.6 is 0 Å². The molecule has 2 aromatic rings. The molecule has 1 aromatic heterocycles. The van der Waals surface area contributed by atoms with E-state index >= 15 is 0 Å². The minimum absolute atomic E-state index is 0.0718. The van der Waals surface area contributed by atoms with Crippen molar-refractivity contribution in [1.29, 1.82) is 0 Å². The van der Waals surface area contributed by atoms with Gasteiger partial charge in [0.1, 0.15) is 6.04 Å². The molecular formula is C15H22N4O. The van der Waals surface area contributed by atoms with E-state index in [1.165, 1.54) is 0 Å². The normalized spacial score (nSPS) is 12.6. The predicted molar refractivity (Wildman–Crippen MR) is 81.5 cm³/mol. The van der Waals surface area contributed by atoms with Crippen LogP contribution in [0.15, 0.2) is 18.2 Å². The average Bonchev–Trinajstić information content (AvgIpc) is 2.74. The number of nitrogens with two attached hydrogens (primary N) is 1. The van der Waals surface area contributed by atoms with Gasteiger partial charge in [-0.25, -0.2) is 4.98 Å². The van der Waals surface area contributed by atoms with Gasteiger partial charge in [0.05, 0.1) is 11.0 Å². The second-order valence-electron chi connectivity index (χ2n) is 5.02. The quantitative estimate of drug-likeness (QED) is 0.930. The Hall–Kier alpha value is -2.04. The minimum Gasteiger partial charge on any atom is -0.369 e. The van der Waals surface area contributed by atoms with Gasteiger partial charge in [-0.1, -0.05) is 6.07 Å². The van der Waals surface area contributed by atoms with E-state index in [-0.39, 0.29) is 11.9 Å². The first-order chi connectivity index (χ1) is 9.49. The highest BCUT2D eigenvalue weighted by atomic mass is 16.2. The number of aryl methyl sites for hydroxylation is 1. The number of nitrogens with zero attached hydrogens (tertiary/aromatic N) is 3. The number of hydrogen-bond donors (Lipinski definition) is 1. The smallest absolute Gasteiger partial charge is 0.245 e.